The fourth-order valence-corrected chi connectivity index (χ4v) is 3.82. The van der Waals surface area contributed by atoms with Gasteiger partial charge in [-0.05, 0) is 24.1 Å². The van der Waals surface area contributed by atoms with E-state index in [1.54, 1.807) is 18.4 Å². The summed E-state index contributed by atoms with van der Waals surface area (Å²) in [6, 6.07) is 15.9. The molecule has 0 aliphatic rings. The Morgan fingerprint density at radius 2 is 1.88 bits per heavy atom. The molecule has 0 bridgehead atoms. The van der Waals surface area contributed by atoms with Crippen LogP contribution in [0.15, 0.2) is 53.9 Å². The smallest absolute Gasteiger partial charge is 0.208 e. The lowest BCUT2D eigenvalue weighted by atomic mass is 10.1. The van der Waals surface area contributed by atoms with Crippen LogP contribution in [0.5, 0.6) is 5.75 Å². The van der Waals surface area contributed by atoms with Gasteiger partial charge in [-0.1, -0.05) is 36.4 Å². The molecule has 26 heavy (non-hydrogen) atoms. The van der Waals surface area contributed by atoms with Crippen LogP contribution in [0.1, 0.15) is 5.56 Å². The Labute approximate surface area is 157 Å². The largest absolute Gasteiger partial charge is 0.497 e. The lowest BCUT2D eigenvalue weighted by Gasteiger charge is -2.04. The van der Waals surface area contributed by atoms with Gasteiger partial charge in [0.15, 0.2) is 0 Å². The maximum atomic E-state index is 11.1. The molecule has 136 valence electrons. The maximum Gasteiger partial charge on any atom is 0.208 e. The first-order valence-electron chi connectivity index (χ1n) is 8.08. The molecule has 5 nitrogen and oxygen atoms in total. The van der Waals surface area contributed by atoms with Crippen molar-refractivity contribution >= 4 is 21.4 Å². The second kappa shape index (κ2) is 7.99. The summed E-state index contributed by atoms with van der Waals surface area (Å²) in [6.07, 6.45) is 1.82. The molecule has 0 spiro atoms. The van der Waals surface area contributed by atoms with Crippen molar-refractivity contribution in [2.24, 2.45) is 0 Å². The quantitative estimate of drug-likeness (QED) is 0.672. The fraction of sp³-hybridized carbons (Fsp3) is 0.211. The van der Waals surface area contributed by atoms with E-state index >= 15 is 0 Å². The number of hydrogen-bond donors (Lipinski definition) is 1. The zero-order chi connectivity index (χ0) is 18.6. The molecule has 0 fully saturated rings. The molecule has 1 aromatic heterocycles. The average molecular weight is 389 g/mol. The maximum absolute atomic E-state index is 11.1. The number of benzene rings is 2. The Morgan fingerprint density at radius 1 is 1.12 bits per heavy atom. The van der Waals surface area contributed by atoms with Gasteiger partial charge in [0.1, 0.15) is 10.8 Å². The Kier molecular flexibility index (Phi) is 5.70. The van der Waals surface area contributed by atoms with Gasteiger partial charge in [0, 0.05) is 23.1 Å². The lowest BCUT2D eigenvalue weighted by Crippen LogP contribution is -2.24. The number of ether oxygens (including phenoxy) is 1. The van der Waals surface area contributed by atoms with Crippen LogP contribution in [0, 0.1) is 0 Å². The van der Waals surface area contributed by atoms with Crippen molar-refractivity contribution in [2.45, 2.75) is 6.42 Å². The van der Waals surface area contributed by atoms with Crippen molar-refractivity contribution in [3.8, 4) is 27.6 Å². The third-order valence-electron chi connectivity index (χ3n) is 3.85. The highest BCUT2D eigenvalue weighted by atomic mass is 32.2. The Balaban J connectivity index is 1.71. The summed E-state index contributed by atoms with van der Waals surface area (Å²) < 4.78 is 30.0. The van der Waals surface area contributed by atoms with Crippen molar-refractivity contribution in [3.05, 3.63) is 59.5 Å². The van der Waals surface area contributed by atoms with Gasteiger partial charge in [-0.15, -0.1) is 11.3 Å². The number of sulfonamides is 1. The Bertz CT molecular complexity index is 980. The number of methoxy groups -OCH3 is 1. The van der Waals surface area contributed by atoms with Gasteiger partial charge < -0.3 is 4.74 Å². The third-order valence-corrected chi connectivity index (χ3v) is 5.47. The second-order valence-electron chi connectivity index (χ2n) is 5.88. The highest BCUT2D eigenvalue weighted by molar-refractivity contribution is 7.88. The highest BCUT2D eigenvalue weighted by Crippen LogP contribution is 2.30. The molecule has 0 saturated heterocycles. The minimum atomic E-state index is -3.14. The second-order valence-corrected chi connectivity index (χ2v) is 8.57. The summed E-state index contributed by atoms with van der Waals surface area (Å²) in [5.74, 6) is 0.811. The predicted octanol–water partition coefficient (Wildman–Crippen LogP) is 3.58. The van der Waals surface area contributed by atoms with Crippen LogP contribution in [0.2, 0.25) is 0 Å². The minimum Gasteiger partial charge on any atom is -0.497 e. The monoisotopic (exact) mass is 388 g/mol. The predicted molar refractivity (Wildman–Crippen MR) is 106 cm³/mol. The van der Waals surface area contributed by atoms with Crippen molar-refractivity contribution in [1.29, 1.82) is 0 Å². The van der Waals surface area contributed by atoms with E-state index in [-0.39, 0.29) is 0 Å². The molecule has 3 aromatic rings. The SMILES string of the molecule is COc1cccc(-c2nc(-c3ccc(CCNS(C)(=O)=O)cc3)cs2)c1. The number of hydrogen-bond acceptors (Lipinski definition) is 5. The molecule has 0 radical (unpaired) electrons. The van der Waals surface area contributed by atoms with Crippen molar-refractivity contribution in [2.75, 3.05) is 19.9 Å². The molecular formula is C19H20N2O3S2. The van der Waals surface area contributed by atoms with E-state index in [2.05, 4.69) is 4.72 Å². The molecule has 0 unspecified atom stereocenters. The van der Waals surface area contributed by atoms with E-state index in [1.165, 1.54) is 0 Å². The van der Waals surface area contributed by atoms with Gasteiger partial charge in [0.2, 0.25) is 10.0 Å². The molecular weight excluding hydrogens is 368 g/mol. The lowest BCUT2D eigenvalue weighted by molar-refractivity contribution is 0.415. The molecule has 0 amide bonds. The minimum absolute atomic E-state index is 0.398. The van der Waals surface area contributed by atoms with E-state index in [9.17, 15) is 8.42 Å². The summed E-state index contributed by atoms with van der Waals surface area (Å²) in [7, 11) is -1.49. The summed E-state index contributed by atoms with van der Waals surface area (Å²) in [6.45, 7) is 0.398. The molecule has 0 atom stereocenters. The van der Waals surface area contributed by atoms with Gasteiger partial charge in [-0.3, -0.25) is 0 Å². The molecule has 1 heterocycles. The normalized spacial score (nSPS) is 11.5. The van der Waals surface area contributed by atoms with Gasteiger partial charge in [0.05, 0.1) is 19.1 Å². The number of thiazole rings is 1. The van der Waals surface area contributed by atoms with Crippen molar-refractivity contribution in [3.63, 3.8) is 0 Å². The number of aromatic nitrogens is 1. The standard InChI is InChI=1S/C19H20N2O3S2/c1-24-17-5-3-4-16(12-17)19-21-18(13-25-19)15-8-6-14(7-9-15)10-11-20-26(2,22)23/h3-9,12-13,20H,10-11H2,1-2H3. The van der Waals surface area contributed by atoms with E-state index in [0.29, 0.717) is 13.0 Å². The summed E-state index contributed by atoms with van der Waals surface area (Å²) >= 11 is 1.59. The molecule has 7 heteroatoms. The topological polar surface area (TPSA) is 68.3 Å². The van der Waals surface area contributed by atoms with Gasteiger partial charge >= 0.3 is 0 Å². The van der Waals surface area contributed by atoms with Gasteiger partial charge in [0.25, 0.3) is 0 Å². The zero-order valence-corrected chi connectivity index (χ0v) is 16.2. The molecule has 1 N–H and O–H groups in total. The van der Waals surface area contributed by atoms with E-state index in [0.717, 1.165) is 39.4 Å². The fourth-order valence-electron chi connectivity index (χ4n) is 2.52. The molecule has 0 aliphatic heterocycles. The number of nitrogens with one attached hydrogen (secondary N) is 1. The van der Waals surface area contributed by atoms with E-state index in [4.69, 9.17) is 9.72 Å². The summed E-state index contributed by atoms with van der Waals surface area (Å²) in [4.78, 5) is 4.72. The van der Waals surface area contributed by atoms with Crippen LogP contribution in [-0.2, 0) is 16.4 Å². The summed E-state index contributed by atoms with van der Waals surface area (Å²) in [5.41, 5.74) is 4.07. The number of rotatable bonds is 7. The zero-order valence-electron chi connectivity index (χ0n) is 14.6. The first-order valence-corrected chi connectivity index (χ1v) is 10.9. The Morgan fingerprint density at radius 3 is 2.58 bits per heavy atom. The number of nitrogens with zero attached hydrogens (tertiary/aromatic N) is 1. The van der Waals surface area contributed by atoms with Crippen LogP contribution in [0.25, 0.3) is 21.8 Å². The van der Waals surface area contributed by atoms with Crippen LogP contribution in [0.3, 0.4) is 0 Å². The molecule has 3 rings (SSSR count). The first-order chi connectivity index (χ1) is 12.4. The molecule has 2 aromatic carbocycles. The van der Waals surface area contributed by atoms with Crippen LogP contribution < -0.4 is 9.46 Å². The van der Waals surface area contributed by atoms with Crippen molar-refractivity contribution in [1.82, 2.24) is 9.71 Å². The van der Waals surface area contributed by atoms with Crippen LogP contribution in [0.4, 0.5) is 0 Å². The van der Waals surface area contributed by atoms with Crippen LogP contribution >= 0.6 is 11.3 Å². The average Bonchev–Trinajstić information content (AvgIpc) is 3.11. The van der Waals surface area contributed by atoms with E-state index in [1.807, 2.05) is 53.9 Å². The van der Waals surface area contributed by atoms with Gasteiger partial charge in [-0.25, -0.2) is 18.1 Å². The van der Waals surface area contributed by atoms with Crippen molar-refractivity contribution < 1.29 is 13.2 Å². The first kappa shape index (κ1) is 18.6. The van der Waals surface area contributed by atoms with Gasteiger partial charge in [-0.2, -0.15) is 0 Å². The molecule has 0 aliphatic carbocycles. The Hall–Kier alpha value is -2.22. The third kappa shape index (κ3) is 4.91. The summed E-state index contributed by atoms with van der Waals surface area (Å²) in [5, 5.41) is 2.98. The van der Waals surface area contributed by atoms with Crippen LogP contribution in [-0.4, -0.2) is 33.3 Å². The van der Waals surface area contributed by atoms with E-state index < -0.39 is 10.0 Å². The highest BCUT2D eigenvalue weighted by Gasteiger charge is 2.08. The molecule has 0 saturated carbocycles.